The van der Waals surface area contributed by atoms with E-state index in [1.807, 2.05) is 17.6 Å². The molecule has 1 aliphatic heterocycles. The van der Waals surface area contributed by atoms with Gasteiger partial charge in [-0.25, -0.2) is 13.8 Å². The second-order valence-corrected chi connectivity index (χ2v) is 9.89. The van der Waals surface area contributed by atoms with E-state index >= 15 is 0 Å². The molecule has 2 heterocycles. The molecule has 0 aliphatic carbocycles. The quantitative estimate of drug-likeness (QED) is 0.273. The smallest absolute Gasteiger partial charge is 0.168 e. The van der Waals surface area contributed by atoms with Crippen molar-refractivity contribution in [2.24, 2.45) is 0 Å². The second kappa shape index (κ2) is 10.6. The lowest BCUT2D eigenvalue weighted by molar-refractivity contribution is 0.280. The molecule has 8 heteroatoms. The molecule has 0 saturated heterocycles. The van der Waals surface area contributed by atoms with E-state index in [0.717, 1.165) is 11.3 Å². The number of halogens is 4. The molecule has 0 fully saturated rings. The molecule has 1 atom stereocenters. The van der Waals surface area contributed by atoms with E-state index < -0.39 is 11.2 Å². The van der Waals surface area contributed by atoms with Crippen molar-refractivity contribution < 1.29 is 13.9 Å². The van der Waals surface area contributed by atoms with Gasteiger partial charge in [-0.2, -0.15) is 0 Å². The van der Waals surface area contributed by atoms with Gasteiger partial charge in [0, 0.05) is 23.4 Å². The van der Waals surface area contributed by atoms with Crippen molar-refractivity contribution in [3.8, 4) is 0 Å². The first-order valence-corrected chi connectivity index (χ1v) is 12.5. The van der Waals surface area contributed by atoms with Gasteiger partial charge in [0.25, 0.3) is 0 Å². The van der Waals surface area contributed by atoms with Crippen molar-refractivity contribution in [3.05, 3.63) is 123 Å². The Hall–Kier alpha value is -2.60. The van der Waals surface area contributed by atoms with Gasteiger partial charge in [0.15, 0.2) is 5.16 Å². The number of aromatic nitrogens is 2. The maximum atomic E-state index is 14.7. The molecule has 3 aromatic rings. The summed E-state index contributed by atoms with van der Waals surface area (Å²) in [6.45, 7) is 5.82. The zero-order chi connectivity index (χ0) is 25.2. The molecule has 0 bridgehead atoms. The molecule has 0 amide bonds. The number of hydrogen-bond acceptors (Lipinski definition) is 3. The minimum absolute atomic E-state index is 0.260. The van der Waals surface area contributed by atoms with Crippen LogP contribution in [0.4, 0.5) is 8.78 Å². The molecule has 3 nitrogen and oxygen atoms in total. The standard InChI is InChI=1S/C27H22Cl2F2N2OS/c1-3-18-12-20(30)7-5-11-33-25(27(18,2)19-9-10-22(28)23(29)13-19)14-32-26(33)35-16-21-17(15-34)6-4-8-24(21)31/h4-10,12-14,34H,1,11,15-16H2,2H3. The Balaban J connectivity index is 1.85. The lowest BCUT2D eigenvalue weighted by atomic mass is 9.73. The van der Waals surface area contributed by atoms with E-state index in [9.17, 15) is 13.9 Å². The number of aliphatic hydroxyl groups excluding tert-OH is 1. The van der Waals surface area contributed by atoms with Crippen LogP contribution in [-0.4, -0.2) is 14.7 Å². The Morgan fingerprint density at radius 2 is 2.03 bits per heavy atom. The number of fused-ring (bicyclic) bond motifs is 1. The van der Waals surface area contributed by atoms with Crippen LogP contribution in [-0.2, 0) is 24.3 Å². The number of nitrogens with zero attached hydrogens (tertiary/aromatic N) is 2. The zero-order valence-corrected chi connectivity index (χ0v) is 21.2. The predicted molar refractivity (Wildman–Crippen MR) is 138 cm³/mol. The fourth-order valence-corrected chi connectivity index (χ4v) is 5.53. The molecule has 35 heavy (non-hydrogen) atoms. The van der Waals surface area contributed by atoms with Crippen molar-refractivity contribution in [1.29, 1.82) is 0 Å². The third kappa shape index (κ3) is 4.90. The Morgan fingerprint density at radius 1 is 1.23 bits per heavy atom. The molecule has 1 aliphatic rings. The van der Waals surface area contributed by atoms with Crippen molar-refractivity contribution in [1.82, 2.24) is 9.55 Å². The summed E-state index contributed by atoms with van der Waals surface area (Å²) in [5.41, 5.74) is 4.94. The van der Waals surface area contributed by atoms with Crippen LogP contribution in [0.5, 0.6) is 0 Å². The van der Waals surface area contributed by atoms with Crippen LogP contribution in [0.3, 0.4) is 0 Å². The predicted octanol–water partition coefficient (Wildman–Crippen LogP) is 7.55. The average molecular weight is 531 g/mol. The van der Waals surface area contributed by atoms with Crippen LogP contribution >= 0.6 is 35.0 Å². The van der Waals surface area contributed by atoms with Crippen molar-refractivity contribution in [2.45, 2.75) is 36.4 Å². The third-order valence-corrected chi connectivity index (χ3v) is 7.89. The van der Waals surface area contributed by atoms with Gasteiger partial charge in [0.05, 0.1) is 34.0 Å². The summed E-state index contributed by atoms with van der Waals surface area (Å²) in [6.07, 6.45) is 6.21. The van der Waals surface area contributed by atoms with Crippen LogP contribution < -0.4 is 0 Å². The Morgan fingerprint density at radius 3 is 2.74 bits per heavy atom. The maximum Gasteiger partial charge on any atom is 0.168 e. The topological polar surface area (TPSA) is 38.0 Å². The first kappa shape index (κ1) is 25.5. The van der Waals surface area contributed by atoms with E-state index in [4.69, 9.17) is 23.2 Å². The van der Waals surface area contributed by atoms with E-state index in [2.05, 4.69) is 17.3 Å². The number of thioether (sulfide) groups is 1. The summed E-state index contributed by atoms with van der Waals surface area (Å²) < 4.78 is 31.1. The highest BCUT2D eigenvalue weighted by molar-refractivity contribution is 7.98. The number of hydrogen-bond donors (Lipinski definition) is 1. The Kier molecular flexibility index (Phi) is 7.70. The van der Waals surface area contributed by atoms with Gasteiger partial charge in [-0.1, -0.05) is 65.8 Å². The normalized spacial score (nSPS) is 17.8. The number of imidazole rings is 1. The van der Waals surface area contributed by atoms with Crippen molar-refractivity contribution in [3.63, 3.8) is 0 Å². The lowest BCUT2D eigenvalue weighted by Gasteiger charge is -2.32. The van der Waals surface area contributed by atoms with Crippen molar-refractivity contribution in [2.75, 3.05) is 0 Å². The molecule has 180 valence electrons. The highest BCUT2D eigenvalue weighted by Gasteiger charge is 2.37. The fraction of sp³-hybridized carbons (Fsp3) is 0.185. The van der Waals surface area contributed by atoms with Gasteiger partial charge in [0.2, 0.25) is 0 Å². The van der Waals surface area contributed by atoms with E-state index in [1.165, 1.54) is 30.0 Å². The van der Waals surface area contributed by atoms with Crippen LogP contribution in [0, 0.1) is 5.82 Å². The largest absolute Gasteiger partial charge is 0.392 e. The van der Waals surface area contributed by atoms with Gasteiger partial charge in [-0.05, 0) is 48.4 Å². The SMILES string of the molecule is C=C=C1C=C(F)C=CCn2c(cnc2SCc2c(F)cccc2CO)C1(C)c1ccc(Cl)c(Cl)c1. The van der Waals surface area contributed by atoms with Gasteiger partial charge in [0.1, 0.15) is 11.6 Å². The van der Waals surface area contributed by atoms with Crippen LogP contribution in [0.15, 0.2) is 89.7 Å². The number of benzene rings is 2. The number of aliphatic hydroxyl groups is 1. The summed E-state index contributed by atoms with van der Waals surface area (Å²) in [7, 11) is 0. The second-order valence-electron chi connectivity index (χ2n) is 8.14. The number of allylic oxidation sites excluding steroid dienone is 5. The molecule has 1 unspecified atom stereocenters. The average Bonchev–Trinajstić information content (AvgIpc) is 3.26. The minimum Gasteiger partial charge on any atom is -0.392 e. The molecular weight excluding hydrogens is 509 g/mol. The Bertz CT molecular complexity index is 1390. The highest BCUT2D eigenvalue weighted by atomic mass is 35.5. The summed E-state index contributed by atoms with van der Waals surface area (Å²) >= 11 is 13.9. The molecule has 0 spiro atoms. The highest BCUT2D eigenvalue weighted by Crippen LogP contribution is 2.43. The van der Waals surface area contributed by atoms with E-state index in [1.54, 1.807) is 36.5 Å². The first-order valence-electron chi connectivity index (χ1n) is 10.7. The zero-order valence-electron chi connectivity index (χ0n) is 18.9. The minimum atomic E-state index is -0.917. The third-order valence-electron chi connectivity index (χ3n) is 6.14. The first-order chi connectivity index (χ1) is 16.8. The molecule has 0 saturated carbocycles. The molecular formula is C27H22Cl2F2N2OS. The molecule has 1 aromatic heterocycles. The van der Waals surface area contributed by atoms with Crippen LogP contribution in [0.25, 0.3) is 0 Å². The van der Waals surface area contributed by atoms with E-state index in [0.29, 0.717) is 38.4 Å². The monoisotopic (exact) mass is 530 g/mol. The van der Waals surface area contributed by atoms with Gasteiger partial charge < -0.3 is 9.67 Å². The molecule has 2 aromatic carbocycles. The molecule has 0 radical (unpaired) electrons. The van der Waals surface area contributed by atoms with Gasteiger partial charge in [-0.3, -0.25) is 0 Å². The molecule has 4 rings (SSSR count). The lowest BCUT2D eigenvalue weighted by Crippen LogP contribution is -2.29. The summed E-state index contributed by atoms with van der Waals surface area (Å²) in [4.78, 5) is 4.63. The van der Waals surface area contributed by atoms with E-state index in [-0.39, 0.29) is 18.2 Å². The number of rotatable bonds is 5. The molecule has 1 N–H and O–H groups in total. The maximum absolute atomic E-state index is 14.7. The fourth-order valence-electron chi connectivity index (χ4n) is 4.18. The van der Waals surface area contributed by atoms with Gasteiger partial charge in [-0.15, -0.1) is 5.73 Å². The summed E-state index contributed by atoms with van der Waals surface area (Å²) in [5, 5.41) is 11.0. The summed E-state index contributed by atoms with van der Waals surface area (Å²) in [6, 6.07) is 9.91. The van der Waals surface area contributed by atoms with Gasteiger partial charge >= 0.3 is 0 Å². The van der Waals surface area contributed by atoms with Crippen LogP contribution in [0.1, 0.15) is 29.3 Å². The summed E-state index contributed by atoms with van der Waals surface area (Å²) in [5.74, 6) is -0.554. The van der Waals surface area contributed by atoms with Crippen LogP contribution in [0.2, 0.25) is 10.0 Å². The Labute approximate surface area is 217 Å². The van der Waals surface area contributed by atoms with Crippen molar-refractivity contribution >= 4 is 35.0 Å².